The number of aromatic amines is 1. The lowest BCUT2D eigenvalue weighted by atomic mass is 10.2. The summed E-state index contributed by atoms with van der Waals surface area (Å²) in [5.74, 6) is -1.47. The Kier molecular flexibility index (Phi) is 4.74. The van der Waals surface area contributed by atoms with Crippen molar-refractivity contribution in [1.82, 2.24) is 29.5 Å². The fourth-order valence-electron chi connectivity index (χ4n) is 3.08. The molecule has 7 nitrogen and oxygen atoms in total. The standard InChI is InChI=1S/C20H14F3N7S/c1-10-6-18(27-16-8-12(22)11(21)7-13(16)23)30-19(24-10)28-20(29-30)31-9-17-25-14-4-2-3-5-15(14)26-17/h2-8,27H,9H2,1H3,(H,25,26). The molecule has 3 aromatic heterocycles. The SMILES string of the molecule is Cc1cc(Nc2cc(F)c(F)cc2F)n2nc(SCc3nc4ccccc4[nH]3)nc2n1. The van der Waals surface area contributed by atoms with Gasteiger partial charge in [0, 0.05) is 23.9 Å². The monoisotopic (exact) mass is 441 g/mol. The highest BCUT2D eigenvalue weighted by Gasteiger charge is 2.15. The highest BCUT2D eigenvalue weighted by molar-refractivity contribution is 7.98. The van der Waals surface area contributed by atoms with Crippen molar-refractivity contribution in [2.75, 3.05) is 5.32 Å². The lowest BCUT2D eigenvalue weighted by Gasteiger charge is -2.10. The van der Waals surface area contributed by atoms with E-state index in [9.17, 15) is 13.2 Å². The molecule has 0 atom stereocenters. The van der Waals surface area contributed by atoms with Gasteiger partial charge in [0.2, 0.25) is 5.16 Å². The average molecular weight is 441 g/mol. The number of aryl methyl sites for hydroxylation is 1. The first-order chi connectivity index (χ1) is 15.0. The molecule has 156 valence electrons. The van der Waals surface area contributed by atoms with E-state index in [1.807, 2.05) is 24.3 Å². The summed E-state index contributed by atoms with van der Waals surface area (Å²) in [7, 11) is 0. The van der Waals surface area contributed by atoms with Crippen molar-refractivity contribution in [2.45, 2.75) is 17.8 Å². The zero-order valence-electron chi connectivity index (χ0n) is 16.0. The highest BCUT2D eigenvalue weighted by Crippen LogP contribution is 2.25. The number of halogens is 3. The smallest absolute Gasteiger partial charge is 0.255 e. The Labute approximate surface area is 177 Å². The second-order valence-corrected chi connectivity index (χ2v) is 7.69. The lowest BCUT2D eigenvalue weighted by molar-refractivity contribution is 0.496. The third-order valence-corrected chi connectivity index (χ3v) is 5.32. The molecule has 0 saturated heterocycles. The van der Waals surface area contributed by atoms with E-state index in [1.165, 1.54) is 16.3 Å². The van der Waals surface area contributed by atoms with E-state index >= 15 is 0 Å². The van der Waals surface area contributed by atoms with Gasteiger partial charge >= 0.3 is 0 Å². The van der Waals surface area contributed by atoms with Gasteiger partial charge in [0.25, 0.3) is 5.78 Å². The van der Waals surface area contributed by atoms with E-state index in [0.29, 0.717) is 28.5 Å². The Bertz CT molecular complexity index is 1400. The number of benzene rings is 2. The summed E-state index contributed by atoms with van der Waals surface area (Å²) in [6, 6.07) is 10.6. The Hall–Kier alpha value is -3.60. The quantitative estimate of drug-likeness (QED) is 0.302. The van der Waals surface area contributed by atoms with Gasteiger partial charge in [0.05, 0.1) is 22.5 Å². The van der Waals surface area contributed by atoms with Crippen LogP contribution in [0.25, 0.3) is 16.8 Å². The predicted octanol–water partition coefficient (Wildman–Crippen LogP) is 4.76. The van der Waals surface area contributed by atoms with Crippen LogP contribution in [0.3, 0.4) is 0 Å². The number of anilines is 2. The van der Waals surface area contributed by atoms with E-state index in [1.54, 1.807) is 13.0 Å². The summed E-state index contributed by atoms with van der Waals surface area (Å²) < 4.78 is 42.2. The van der Waals surface area contributed by atoms with Crippen molar-refractivity contribution in [3.05, 3.63) is 71.4 Å². The molecule has 0 aliphatic carbocycles. The van der Waals surface area contributed by atoms with Crippen LogP contribution in [0.4, 0.5) is 24.7 Å². The third-order valence-electron chi connectivity index (χ3n) is 4.47. The number of thioether (sulfide) groups is 1. The van der Waals surface area contributed by atoms with E-state index in [2.05, 4.69) is 30.4 Å². The van der Waals surface area contributed by atoms with E-state index < -0.39 is 17.5 Å². The van der Waals surface area contributed by atoms with Crippen LogP contribution in [0.5, 0.6) is 0 Å². The van der Waals surface area contributed by atoms with Gasteiger partial charge in [-0.25, -0.2) is 23.1 Å². The lowest BCUT2D eigenvalue weighted by Crippen LogP contribution is -2.04. The van der Waals surface area contributed by atoms with Crippen molar-refractivity contribution in [3.63, 3.8) is 0 Å². The van der Waals surface area contributed by atoms with Crippen molar-refractivity contribution in [2.24, 2.45) is 0 Å². The van der Waals surface area contributed by atoms with Gasteiger partial charge in [-0.2, -0.15) is 9.50 Å². The number of fused-ring (bicyclic) bond motifs is 2. The number of rotatable bonds is 5. The zero-order valence-corrected chi connectivity index (χ0v) is 16.8. The Balaban J connectivity index is 1.43. The maximum Gasteiger partial charge on any atom is 0.255 e. The van der Waals surface area contributed by atoms with Gasteiger partial charge < -0.3 is 10.3 Å². The van der Waals surface area contributed by atoms with Gasteiger partial charge in [-0.3, -0.25) is 0 Å². The second kappa shape index (κ2) is 7.58. The normalized spacial score (nSPS) is 11.5. The molecule has 0 amide bonds. The molecule has 5 aromatic rings. The Morgan fingerprint density at radius 2 is 1.81 bits per heavy atom. The minimum atomic E-state index is -1.26. The third kappa shape index (κ3) is 3.79. The zero-order chi connectivity index (χ0) is 21.5. The summed E-state index contributed by atoms with van der Waals surface area (Å²) >= 11 is 1.35. The molecule has 0 radical (unpaired) electrons. The number of hydrogen-bond donors (Lipinski definition) is 2. The summed E-state index contributed by atoms with van der Waals surface area (Å²) in [4.78, 5) is 16.5. The van der Waals surface area contributed by atoms with Crippen molar-refractivity contribution in [1.29, 1.82) is 0 Å². The first-order valence-corrected chi connectivity index (χ1v) is 10.2. The summed E-state index contributed by atoms with van der Waals surface area (Å²) in [6.45, 7) is 1.74. The number of para-hydroxylation sites is 2. The van der Waals surface area contributed by atoms with Gasteiger partial charge in [0.15, 0.2) is 11.6 Å². The van der Waals surface area contributed by atoms with Crippen LogP contribution in [0.15, 0.2) is 47.6 Å². The van der Waals surface area contributed by atoms with Crippen LogP contribution in [-0.2, 0) is 5.75 Å². The van der Waals surface area contributed by atoms with E-state index in [0.717, 1.165) is 22.9 Å². The first-order valence-electron chi connectivity index (χ1n) is 9.19. The van der Waals surface area contributed by atoms with Crippen molar-refractivity contribution < 1.29 is 13.2 Å². The molecule has 0 aliphatic heterocycles. The highest BCUT2D eigenvalue weighted by atomic mass is 32.2. The summed E-state index contributed by atoms with van der Waals surface area (Å²) in [6.07, 6.45) is 0. The molecule has 2 N–H and O–H groups in total. The fraction of sp³-hybridized carbons (Fsp3) is 0.100. The van der Waals surface area contributed by atoms with Crippen molar-refractivity contribution in [3.8, 4) is 0 Å². The van der Waals surface area contributed by atoms with Crippen LogP contribution in [0, 0.1) is 24.4 Å². The number of H-pyrrole nitrogens is 1. The average Bonchev–Trinajstić information content (AvgIpc) is 3.33. The molecular formula is C20H14F3N7S. The number of nitrogens with zero attached hydrogens (tertiary/aromatic N) is 5. The van der Waals surface area contributed by atoms with Gasteiger partial charge in [-0.05, 0) is 19.1 Å². The molecule has 5 rings (SSSR count). The molecule has 3 heterocycles. The van der Waals surface area contributed by atoms with Crippen LogP contribution in [-0.4, -0.2) is 29.5 Å². The maximum absolute atomic E-state index is 14.1. The van der Waals surface area contributed by atoms with Gasteiger partial charge in [-0.1, -0.05) is 23.9 Å². The van der Waals surface area contributed by atoms with Gasteiger partial charge in [0.1, 0.15) is 17.5 Å². The maximum atomic E-state index is 14.1. The molecule has 0 fully saturated rings. The number of aromatic nitrogens is 6. The topological polar surface area (TPSA) is 83.8 Å². The summed E-state index contributed by atoms with van der Waals surface area (Å²) in [5.41, 5.74) is 2.19. The molecule has 31 heavy (non-hydrogen) atoms. The molecule has 0 saturated carbocycles. The molecular weight excluding hydrogens is 427 g/mol. The second-order valence-electron chi connectivity index (χ2n) is 6.75. The van der Waals surface area contributed by atoms with Crippen LogP contribution in [0.2, 0.25) is 0 Å². The van der Waals surface area contributed by atoms with Crippen molar-refractivity contribution >= 4 is 40.1 Å². The number of nitrogens with one attached hydrogen (secondary N) is 2. The van der Waals surface area contributed by atoms with Gasteiger partial charge in [-0.15, -0.1) is 5.10 Å². The molecule has 0 bridgehead atoms. The largest absolute Gasteiger partial charge is 0.341 e. The first kappa shape index (κ1) is 19.4. The van der Waals surface area contributed by atoms with Crippen LogP contribution < -0.4 is 5.32 Å². The Morgan fingerprint density at radius 1 is 1.00 bits per heavy atom. The fourth-order valence-corrected chi connectivity index (χ4v) is 3.77. The molecule has 0 aliphatic rings. The predicted molar refractivity (Wildman–Crippen MR) is 111 cm³/mol. The minimum absolute atomic E-state index is 0.224. The Morgan fingerprint density at radius 3 is 2.65 bits per heavy atom. The van der Waals surface area contributed by atoms with Crippen LogP contribution >= 0.6 is 11.8 Å². The number of hydrogen-bond acceptors (Lipinski definition) is 6. The summed E-state index contributed by atoms with van der Waals surface area (Å²) in [5, 5.41) is 7.58. The molecule has 2 aromatic carbocycles. The van der Waals surface area contributed by atoms with E-state index in [-0.39, 0.29) is 11.5 Å². The van der Waals surface area contributed by atoms with Crippen LogP contribution in [0.1, 0.15) is 11.5 Å². The minimum Gasteiger partial charge on any atom is -0.341 e. The van der Waals surface area contributed by atoms with E-state index in [4.69, 9.17) is 0 Å². The molecule has 0 unspecified atom stereocenters. The number of imidazole rings is 1. The molecule has 0 spiro atoms. The molecule has 11 heteroatoms.